The van der Waals surface area contributed by atoms with Crippen LogP contribution in [0.4, 0.5) is 0 Å². The molecule has 0 aliphatic rings. The molecule has 0 saturated heterocycles. The van der Waals surface area contributed by atoms with Crippen LogP contribution in [0.25, 0.3) is 0 Å². The number of aryl methyl sites for hydroxylation is 2. The van der Waals surface area contributed by atoms with Crippen molar-refractivity contribution < 1.29 is 13.2 Å². The van der Waals surface area contributed by atoms with Gasteiger partial charge < -0.3 is 4.74 Å². The van der Waals surface area contributed by atoms with E-state index in [-0.39, 0.29) is 18.0 Å². The first-order valence-corrected chi connectivity index (χ1v) is 8.77. The van der Waals surface area contributed by atoms with Gasteiger partial charge in [0.15, 0.2) is 0 Å². The predicted molar refractivity (Wildman–Crippen MR) is 87.7 cm³/mol. The molecule has 0 spiro atoms. The molecule has 0 unspecified atom stereocenters. The molecule has 118 valence electrons. The zero-order chi connectivity index (χ0) is 16.0. The summed E-state index contributed by atoms with van der Waals surface area (Å²) >= 11 is 0. The van der Waals surface area contributed by atoms with E-state index in [0.717, 1.165) is 17.7 Å². The second-order valence-corrected chi connectivity index (χ2v) is 6.83. The quantitative estimate of drug-likeness (QED) is 0.798. The lowest BCUT2D eigenvalue weighted by Gasteiger charge is -2.09. The lowest BCUT2D eigenvalue weighted by Crippen LogP contribution is -2.28. The maximum Gasteiger partial charge on any atom is 0.240 e. The summed E-state index contributed by atoms with van der Waals surface area (Å²) in [5, 5.41) is 0. The molecule has 5 heteroatoms. The van der Waals surface area contributed by atoms with E-state index in [1.807, 2.05) is 37.3 Å². The Hall–Kier alpha value is -1.85. The first-order valence-electron chi connectivity index (χ1n) is 7.29. The highest BCUT2D eigenvalue weighted by Gasteiger charge is 2.12. The van der Waals surface area contributed by atoms with Gasteiger partial charge in [-0.25, -0.2) is 13.1 Å². The van der Waals surface area contributed by atoms with E-state index < -0.39 is 10.0 Å². The van der Waals surface area contributed by atoms with Crippen LogP contribution in [0.15, 0.2) is 53.4 Å². The average Bonchev–Trinajstić information content (AvgIpc) is 2.52. The van der Waals surface area contributed by atoms with Crippen molar-refractivity contribution >= 4 is 10.0 Å². The summed E-state index contributed by atoms with van der Waals surface area (Å²) in [4.78, 5) is 0.278. The molecule has 1 N–H and O–H groups in total. The molecular weight excluding hydrogens is 298 g/mol. The van der Waals surface area contributed by atoms with Crippen molar-refractivity contribution in [2.75, 3.05) is 13.2 Å². The number of hydrogen-bond acceptors (Lipinski definition) is 3. The predicted octanol–water partition coefficient (Wildman–Crippen LogP) is 2.91. The fraction of sp³-hybridized carbons (Fsp3) is 0.294. The minimum absolute atomic E-state index is 0.228. The second-order valence-electron chi connectivity index (χ2n) is 5.06. The Bertz CT molecular complexity index is 709. The fourth-order valence-electron chi connectivity index (χ4n) is 2.03. The van der Waals surface area contributed by atoms with E-state index in [9.17, 15) is 8.42 Å². The van der Waals surface area contributed by atoms with Crippen molar-refractivity contribution in [2.24, 2.45) is 0 Å². The van der Waals surface area contributed by atoms with Crippen LogP contribution in [0.5, 0.6) is 5.75 Å². The summed E-state index contributed by atoms with van der Waals surface area (Å²) in [6, 6.07) is 14.6. The van der Waals surface area contributed by atoms with Gasteiger partial charge in [-0.15, -0.1) is 0 Å². The second kappa shape index (κ2) is 7.42. The lowest BCUT2D eigenvalue weighted by molar-refractivity contribution is 0.322. The van der Waals surface area contributed by atoms with E-state index >= 15 is 0 Å². The van der Waals surface area contributed by atoms with Gasteiger partial charge in [0.05, 0.1) is 4.90 Å². The Morgan fingerprint density at radius 3 is 2.45 bits per heavy atom. The van der Waals surface area contributed by atoms with Gasteiger partial charge in [0.2, 0.25) is 10.0 Å². The minimum Gasteiger partial charge on any atom is -0.492 e. The Labute approximate surface area is 132 Å². The zero-order valence-corrected chi connectivity index (χ0v) is 13.7. The molecule has 0 atom stereocenters. The summed E-state index contributed by atoms with van der Waals surface area (Å²) < 4.78 is 32.3. The number of hydrogen-bond donors (Lipinski definition) is 1. The molecule has 0 aromatic heterocycles. The van der Waals surface area contributed by atoms with Crippen molar-refractivity contribution in [1.82, 2.24) is 4.72 Å². The standard InChI is InChI=1S/C17H21NO3S/c1-3-15-7-9-16(10-8-15)21-12-11-18-22(19,20)17-6-4-5-14(2)13-17/h4-10,13,18H,3,11-12H2,1-2H3. The molecule has 4 nitrogen and oxygen atoms in total. The van der Waals surface area contributed by atoms with Crippen molar-refractivity contribution in [3.63, 3.8) is 0 Å². The molecule has 0 heterocycles. The number of ether oxygens (including phenoxy) is 1. The zero-order valence-electron chi connectivity index (χ0n) is 12.9. The van der Waals surface area contributed by atoms with E-state index in [4.69, 9.17) is 4.74 Å². The Morgan fingerprint density at radius 1 is 1.09 bits per heavy atom. The molecule has 0 saturated carbocycles. The topological polar surface area (TPSA) is 55.4 Å². The summed E-state index contributed by atoms with van der Waals surface area (Å²) in [5.74, 6) is 0.743. The summed E-state index contributed by atoms with van der Waals surface area (Å²) in [6.07, 6.45) is 0.983. The van der Waals surface area contributed by atoms with Gasteiger partial charge in [0, 0.05) is 6.54 Å². The van der Waals surface area contributed by atoms with Crippen LogP contribution in [0.3, 0.4) is 0 Å². The molecule has 0 bridgehead atoms. The highest BCUT2D eigenvalue weighted by molar-refractivity contribution is 7.89. The van der Waals surface area contributed by atoms with E-state index in [1.165, 1.54) is 5.56 Å². The third kappa shape index (κ3) is 4.58. The third-order valence-electron chi connectivity index (χ3n) is 3.29. The highest BCUT2D eigenvalue weighted by atomic mass is 32.2. The average molecular weight is 319 g/mol. The molecule has 2 aromatic rings. The van der Waals surface area contributed by atoms with Crippen molar-refractivity contribution in [3.05, 3.63) is 59.7 Å². The molecule has 0 fully saturated rings. The molecule has 22 heavy (non-hydrogen) atoms. The van der Waals surface area contributed by atoms with Crippen LogP contribution < -0.4 is 9.46 Å². The first-order chi connectivity index (χ1) is 10.5. The van der Waals surface area contributed by atoms with Crippen LogP contribution >= 0.6 is 0 Å². The van der Waals surface area contributed by atoms with Gasteiger partial charge in [0.1, 0.15) is 12.4 Å². The van der Waals surface area contributed by atoms with E-state index in [2.05, 4.69) is 11.6 Å². The normalized spacial score (nSPS) is 11.4. The molecular formula is C17H21NO3S. The van der Waals surface area contributed by atoms with Crippen LogP contribution in [0.2, 0.25) is 0 Å². The molecule has 2 rings (SSSR count). The molecule has 0 radical (unpaired) electrons. The summed E-state index contributed by atoms with van der Waals surface area (Å²) in [5.41, 5.74) is 2.16. The Balaban J connectivity index is 1.85. The maximum absolute atomic E-state index is 12.1. The van der Waals surface area contributed by atoms with E-state index in [1.54, 1.807) is 18.2 Å². The van der Waals surface area contributed by atoms with Crippen molar-refractivity contribution in [2.45, 2.75) is 25.2 Å². The first kappa shape index (κ1) is 16.5. The van der Waals surface area contributed by atoms with Gasteiger partial charge >= 0.3 is 0 Å². The highest BCUT2D eigenvalue weighted by Crippen LogP contribution is 2.13. The van der Waals surface area contributed by atoms with Gasteiger partial charge in [-0.3, -0.25) is 0 Å². The summed E-state index contributed by atoms with van der Waals surface area (Å²) in [6.45, 7) is 4.47. The van der Waals surface area contributed by atoms with Crippen LogP contribution in [-0.4, -0.2) is 21.6 Å². The fourth-order valence-corrected chi connectivity index (χ4v) is 3.15. The summed E-state index contributed by atoms with van der Waals surface area (Å²) in [7, 11) is -3.48. The van der Waals surface area contributed by atoms with E-state index in [0.29, 0.717) is 0 Å². The Kier molecular flexibility index (Phi) is 5.57. The molecule has 0 aliphatic carbocycles. The van der Waals surface area contributed by atoms with Crippen molar-refractivity contribution in [3.8, 4) is 5.75 Å². The smallest absolute Gasteiger partial charge is 0.240 e. The number of nitrogens with one attached hydrogen (secondary N) is 1. The number of benzene rings is 2. The van der Waals surface area contributed by atoms with Crippen LogP contribution in [-0.2, 0) is 16.4 Å². The van der Waals surface area contributed by atoms with Gasteiger partial charge in [-0.05, 0) is 48.7 Å². The number of sulfonamides is 1. The maximum atomic E-state index is 12.1. The monoisotopic (exact) mass is 319 g/mol. The van der Waals surface area contributed by atoms with Crippen LogP contribution in [0.1, 0.15) is 18.1 Å². The van der Waals surface area contributed by atoms with Crippen molar-refractivity contribution in [1.29, 1.82) is 0 Å². The Morgan fingerprint density at radius 2 is 1.82 bits per heavy atom. The largest absolute Gasteiger partial charge is 0.492 e. The van der Waals surface area contributed by atoms with Gasteiger partial charge in [0.25, 0.3) is 0 Å². The number of rotatable bonds is 7. The molecule has 0 amide bonds. The van der Waals surface area contributed by atoms with Gasteiger partial charge in [-0.2, -0.15) is 0 Å². The molecule has 2 aromatic carbocycles. The van der Waals surface area contributed by atoms with Gasteiger partial charge in [-0.1, -0.05) is 31.2 Å². The lowest BCUT2D eigenvalue weighted by atomic mass is 10.2. The molecule has 0 aliphatic heterocycles. The SMILES string of the molecule is CCc1ccc(OCCNS(=O)(=O)c2cccc(C)c2)cc1. The minimum atomic E-state index is -3.48. The van der Waals surface area contributed by atoms with Crippen LogP contribution in [0, 0.1) is 6.92 Å². The third-order valence-corrected chi connectivity index (χ3v) is 4.75.